The average Bonchev–Trinajstić information content (AvgIpc) is 3.25. The number of carbonyl (C=O) groups is 2. The molecular weight excluding hydrogens is 741 g/mol. The van der Waals surface area contributed by atoms with E-state index in [0.717, 1.165) is 96.3 Å². The predicted molar refractivity (Wildman–Crippen MR) is 260 cm³/mol. The number of ether oxygens (including phenoxy) is 3. The lowest BCUT2D eigenvalue weighted by Crippen LogP contribution is -2.30. The number of allylic oxidation sites excluding steroid dienone is 20. The molecule has 60 heavy (non-hydrogen) atoms. The zero-order chi connectivity index (χ0) is 43.5. The van der Waals surface area contributed by atoms with E-state index in [9.17, 15) is 9.59 Å². The molecule has 1 atom stereocenters. The second-order valence-corrected chi connectivity index (χ2v) is 15.3. The molecule has 0 fully saturated rings. The third-order valence-electron chi connectivity index (χ3n) is 9.51. The molecule has 0 amide bonds. The number of rotatable bonds is 42. The number of carbonyl (C=O) groups excluding carboxylic acids is 2. The van der Waals surface area contributed by atoms with Gasteiger partial charge in [0.25, 0.3) is 0 Å². The van der Waals surface area contributed by atoms with E-state index in [-0.39, 0.29) is 25.2 Å². The molecular formula is C55H88O5. The number of esters is 2. The Hall–Kier alpha value is -3.70. The highest BCUT2D eigenvalue weighted by molar-refractivity contribution is 5.70. The first-order chi connectivity index (χ1) is 29.6. The van der Waals surface area contributed by atoms with Crippen molar-refractivity contribution in [3.8, 4) is 0 Å². The van der Waals surface area contributed by atoms with E-state index in [4.69, 9.17) is 14.2 Å². The van der Waals surface area contributed by atoms with Gasteiger partial charge in [0.1, 0.15) is 6.61 Å². The Labute approximate surface area is 369 Å². The van der Waals surface area contributed by atoms with Crippen molar-refractivity contribution in [2.24, 2.45) is 0 Å². The molecule has 0 radical (unpaired) electrons. The lowest BCUT2D eigenvalue weighted by molar-refractivity contribution is -0.162. The Bertz CT molecular complexity index is 1260. The highest BCUT2D eigenvalue weighted by atomic mass is 16.6. The standard InChI is InChI=1S/C55H88O5/c1-4-7-10-13-16-19-22-24-25-26-27-28-29-30-32-35-38-41-44-47-50-58-51-53(60-55(57)49-46-43-40-37-33-21-18-15-12-9-6-3)52-59-54(56)48-45-42-39-36-34-31-23-20-17-14-11-8-5-2/h7-8,10-11,16-17,19-20,24-25,27-28,30-32,34,38-39,41-42,53H,4-6,9,12-15,18,21-23,26,29,33,35-37,40,43-52H2,1-3H3/b10-7-,11-8-,19-16-,20-17-,25-24-,28-27-,32-30-,34-31-,41-38-,42-39-. The first-order valence-electron chi connectivity index (χ1n) is 24.1. The number of unbranched alkanes of at least 4 members (excludes halogenated alkanes) is 11. The Balaban J connectivity index is 4.45. The van der Waals surface area contributed by atoms with Crippen LogP contribution in [0.3, 0.4) is 0 Å². The van der Waals surface area contributed by atoms with Gasteiger partial charge in [-0.3, -0.25) is 9.59 Å². The van der Waals surface area contributed by atoms with Crippen molar-refractivity contribution >= 4 is 11.9 Å². The number of hydrogen-bond acceptors (Lipinski definition) is 5. The minimum atomic E-state index is -0.600. The van der Waals surface area contributed by atoms with Gasteiger partial charge in [-0.05, 0) is 89.9 Å². The zero-order valence-corrected chi connectivity index (χ0v) is 38.7. The van der Waals surface area contributed by atoms with Gasteiger partial charge in [0.05, 0.1) is 6.61 Å². The van der Waals surface area contributed by atoms with Crippen LogP contribution in [0.2, 0.25) is 0 Å². The van der Waals surface area contributed by atoms with Gasteiger partial charge in [-0.25, -0.2) is 0 Å². The van der Waals surface area contributed by atoms with Crippen LogP contribution in [0.4, 0.5) is 0 Å². The van der Waals surface area contributed by atoms with Gasteiger partial charge in [0.2, 0.25) is 0 Å². The molecule has 0 heterocycles. The molecule has 0 aliphatic heterocycles. The van der Waals surface area contributed by atoms with E-state index in [1.807, 2.05) is 6.08 Å². The molecule has 338 valence electrons. The van der Waals surface area contributed by atoms with Gasteiger partial charge in [0, 0.05) is 19.4 Å². The highest BCUT2D eigenvalue weighted by Gasteiger charge is 2.17. The summed E-state index contributed by atoms with van der Waals surface area (Å²) in [5.74, 6) is -0.533. The molecule has 0 rings (SSSR count). The highest BCUT2D eigenvalue weighted by Crippen LogP contribution is 2.13. The van der Waals surface area contributed by atoms with Crippen molar-refractivity contribution in [2.45, 2.75) is 194 Å². The molecule has 0 aliphatic carbocycles. The number of hydrogen-bond donors (Lipinski definition) is 0. The van der Waals surface area contributed by atoms with Crippen LogP contribution in [0.25, 0.3) is 0 Å². The van der Waals surface area contributed by atoms with Crippen LogP contribution in [0.5, 0.6) is 0 Å². The van der Waals surface area contributed by atoms with Crippen LogP contribution in [0.1, 0.15) is 188 Å². The summed E-state index contributed by atoms with van der Waals surface area (Å²) in [5.41, 5.74) is 0. The Morgan fingerprint density at radius 1 is 0.383 bits per heavy atom. The van der Waals surface area contributed by atoms with Crippen LogP contribution in [0, 0.1) is 0 Å². The quantitative estimate of drug-likeness (QED) is 0.0348. The fourth-order valence-electron chi connectivity index (χ4n) is 6.01. The fourth-order valence-corrected chi connectivity index (χ4v) is 6.01. The van der Waals surface area contributed by atoms with E-state index in [2.05, 4.69) is 136 Å². The molecule has 0 aromatic heterocycles. The van der Waals surface area contributed by atoms with E-state index in [0.29, 0.717) is 25.9 Å². The average molecular weight is 829 g/mol. The summed E-state index contributed by atoms with van der Waals surface area (Å²) in [7, 11) is 0. The van der Waals surface area contributed by atoms with Crippen molar-refractivity contribution < 1.29 is 23.8 Å². The lowest BCUT2D eigenvalue weighted by atomic mass is 10.1. The summed E-state index contributed by atoms with van der Waals surface area (Å²) in [6.45, 7) is 7.35. The third-order valence-corrected chi connectivity index (χ3v) is 9.51. The maximum absolute atomic E-state index is 12.7. The first-order valence-corrected chi connectivity index (χ1v) is 24.1. The van der Waals surface area contributed by atoms with Crippen molar-refractivity contribution in [1.82, 2.24) is 0 Å². The van der Waals surface area contributed by atoms with Gasteiger partial charge in [-0.15, -0.1) is 0 Å². The Morgan fingerprint density at radius 3 is 1.20 bits per heavy atom. The van der Waals surface area contributed by atoms with Gasteiger partial charge >= 0.3 is 11.9 Å². The molecule has 1 unspecified atom stereocenters. The molecule has 0 N–H and O–H groups in total. The molecule has 0 aromatic carbocycles. The normalized spacial score (nSPS) is 13.3. The first kappa shape index (κ1) is 56.3. The Kier molecular flexibility index (Phi) is 46.6. The van der Waals surface area contributed by atoms with Gasteiger partial charge < -0.3 is 14.2 Å². The summed E-state index contributed by atoms with van der Waals surface area (Å²) in [6, 6.07) is 0. The zero-order valence-electron chi connectivity index (χ0n) is 38.7. The predicted octanol–water partition coefficient (Wildman–Crippen LogP) is 16.2. The summed E-state index contributed by atoms with van der Waals surface area (Å²) in [4.78, 5) is 25.2. The second-order valence-electron chi connectivity index (χ2n) is 15.3. The summed E-state index contributed by atoms with van der Waals surface area (Å²) in [6.07, 6.45) is 69.4. The largest absolute Gasteiger partial charge is 0.462 e. The van der Waals surface area contributed by atoms with Gasteiger partial charge in [-0.2, -0.15) is 0 Å². The van der Waals surface area contributed by atoms with Crippen LogP contribution in [-0.2, 0) is 23.8 Å². The topological polar surface area (TPSA) is 61.8 Å². The Morgan fingerprint density at radius 2 is 0.767 bits per heavy atom. The lowest BCUT2D eigenvalue weighted by Gasteiger charge is -2.18. The molecule has 0 saturated heterocycles. The van der Waals surface area contributed by atoms with Gasteiger partial charge in [0.15, 0.2) is 6.10 Å². The molecule has 0 aromatic rings. The van der Waals surface area contributed by atoms with E-state index >= 15 is 0 Å². The summed E-state index contributed by atoms with van der Waals surface area (Å²) >= 11 is 0. The van der Waals surface area contributed by atoms with Crippen molar-refractivity contribution in [3.05, 3.63) is 122 Å². The monoisotopic (exact) mass is 829 g/mol. The fraction of sp³-hybridized carbons (Fsp3) is 0.600. The minimum Gasteiger partial charge on any atom is -0.462 e. The van der Waals surface area contributed by atoms with Crippen LogP contribution in [0.15, 0.2) is 122 Å². The maximum atomic E-state index is 12.7. The van der Waals surface area contributed by atoms with Crippen molar-refractivity contribution in [2.75, 3.05) is 19.8 Å². The molecule has 0 spiro atoms. The summed E-state index contributed by atoms with van der Waals surface area (Å²) in [5, 5.41) is 0. The molecule has 0 saturated carbocycles. The van der Waals surface area contributed by atoms with Crippen LogP contribution >= 0.6 is 0 Å². The maximum Gasteiger partial charge on any atom is 0.306 e. The molecule has 0 bridgehead atoms. The molecule has 5 nitrogen and oxygen atoms in total. The second kappa shape index (κ2) is 49.7. The van der Waals surface area contributed by atoms with E-state index < -0.39 is 6.10 Å². The smallest absolute Gasteiger partial charge is 0.306 e. The van der Waals surface area contributed by atoms with Crippen molar-refractivity contribution in [3.63, 3.8) is 0 Å². The van der Waals surface area contributed by atoms with Crippen LogP contribution < -0.4 is 0 Å². The van der Waals surface area contributed by atoms with Gasteiger partial charge in [-0.1, -0.05) is 206 Å². The SMILES string of the molecule is CC/C=C\C/C=C\C/C=C\C/C=C\C/C=C\C/C=C\CCCOCC(COC(=O)CC/C=C\C/C=C\C/C=C\C/C=C\CC)OC(=O)CCCCCCCCCCCCC. The van der Waals surface area contributed by atoms with E-state index in [1.54, 1.807) is 0 Å². The molecule has 5 heteroatoms. The minimum absolute atomic E-state index is 0.0180. The third kappa shape index (κ3) is 47.0. The van der Waals surface area contributed by atoms with Crippen molar-refractivity contribution in [1.29, 1.82) is 0 Å². The summed E-state index contributed by atoms with van der Waals surface area (Å²) < 4.78 is 17.2. The molecule has 0 aliphatic rings. The van der Waals surface area contributed by atoms with E-state index in [1.165, 1.54) is 51.4 Å². The van der Waals surface area contributed by atoms with Crippen LogP contribution in [-0.4, -0.2) is 37.9 Å².